The first-order valence-electron chi connectivity index (χ1n) is 5.29. The number of anilines is 1. The Bertz CT molecular complexity index is 421. The van der Waals surface area contributed by atoms with Crippen LogP contribution in [0, 0.1) is 0 Å². The summed E-state index contributed by atoms with van der Waals surface area (Å²) in [5.41, 5.74) is 3.07. The summed E-state index contributed by atoms with van der Waals surface area (Å²) >= 11 is 0. The molecule has 0 saturated carbocycles. The second-order valence-corrected chi connectivity index (χ2v) is 3.74. The lowest BCUT2D eigenvalue weighted by atomic mass is 10.0. The van der Waals surface area contributed by atoms with Crippen LogP contribution in [0.4, 0.5) is 5.69 Å². The van der Waals surface area contributed by atoms with E-state index in [1.165, 1.54) is 0 Å². The Balaban J connectivity index is 2.60. The smallest absolute Gasteiger partial charge is 0.161 e. The number of hydrogen-bond donors (Lipinski definition) is 0. The van der Waals surface area contributed by atoms with Crippen molar-refractivity contribution in [2.24, 2.45) is 0 Å². The summed E-state index contributed by atoms with van der Waals surface area (Å²) < 4.78 is 0. The predicted octanol–water partition coefficient (Wildman–Crippen LogP) is 2.74. The Morgan fingerprint density at radius 2 is 2.27 bits per heavy atom. The molecule has 2 rings (SSSR count). The van der Waals surface area contributed by atoms with E-state index in [0.717, 1.165) is 29.9 Å². The number of Topliss-reactive ketones (excluding diaryl/α,β-unsaturated/α-hetero) is 1. The number of carbonyl (C=O) groups is 1. The number of rotatable bonds is 2. The van der Waals surface area contributed by atoms with Crippen molar-refractivity contribution in [2.75, 3.05) is 18.0 Å². The number of benzene rings is 1. The Morgan fingerprint density at radius 3 is 2.93 bits per heavy atom. The van der Waals surface area contributed by atoms with Gasteiger partial charge in [-0.15, -0.1) is 0 Å². The van der Waals surface area contributed by atoms with Gasteiger partial charge in [0.25, 0.3) is 0 Å². The normalized spacial score (nSPS) is 13.9. The van der Waals surface area contributed by atoms with E-state index in [9.17, 15) is 4.79 Å². The summed E-state index contributed by atoms with van der Waals surface area (Å²) in [6.45, 7) is 5.57. The first kappa shape index (κ1) is 9.97. The van der Waals surface area contributed by atoms with E-state index in [0.29, 0.717) is 0 Å². The van der Waals surface area contributed by atoms with Crippen molar-refractivity contribution in [3.8, 4) is 0 Å². The van der Waals surface area contributed by atoms with Gasteiger partial charge in [0.2, 0.25) is 0 Å². The maximum atomic E-state index is 11.5. The SMILES string of the molecule is CCN1CC=Cc2cccc(C(C)=O)c21. The third-order valence-electron chi connectivity index (χ3n) is 2.77. The van der Waals surface area contributed by atoms with E-state index in [4.69, 9.17) is 0 Å². The summed E-state index contributed by atoms with van der Waals surface area (Å²) in [5, 5.41) is 0. The molecule has 1 aliphatic rings. The van der Waals surface area contributed by atoms with Crippen LogP contribution in [0.5, 0.6) is 0 Å². The topological polar surface area (TPSA) is 20.3 Å². The molecule has 78 valence electrons. The fourth-order valence-electron chi connectivity index (χ4n) is 2.02. The molecule has 0 N–H and O–H groups in total. The molecular weight excluding hydrogens is 186 g/mol. The summed E-state index contributed by atoms with van der Waals surface area (Å²) in [5.74, 6) is 0.139. The highest BCUT2D eigenvalue weighted by atomic mass is 16.1. The average molecular weight is 201 g/mol. The lowest BCUT2D eigenvalue weighted by molar-refractivity contribution is 0.101. The Morgan fingerprint density at radius 1 is 1.47 bits per heavy atom. The molecule has 15 heavy (non-hydrogen) atoms. The number of nitrogens with zero attached hydrogens (tertiary/aromatic N) is 1. The van der Waals surface area contributed by atoms with Gasteiger partial charge in [0.15, 0.2) is 5.78 Å². The third kappa shape index (κ3) is 1.67. The fraction of sp³-hybridized carbons (Fsp3) is 0.308. The molecule has 0 bridgehead atoms. The van der Waals surface area contributed by atoms with Crippen LogP contribution in [0.25, 0.3) is 6.08 Å². The van der Waals surface area contributed by atoms with Crippen molar-refractivity contribution in [2.45, 2.75) is 13.8 Å². The summed E-state index contributed by atoms with van der Waals surface area (Å²) in [7, 11) is 0. The lowest BCUT2D eigenvalue weighted by Crippen LogP contribution is -2.27. The van der Waals surface area contributed by atoms with E-state index in [1.54, 1.807) is 6.92 Å². The van der Waals surface area contributed by atoms with Gasteiger partial charge in [-0.25, -0.2) is 0 Å². The first-order valence-corrected chi connectivity index (χ1v) is 5.29. The van der Waals surface area contributed by atoms with Crippen molar-refractivity contribution < 1.29 is 4.79 Å². The number of hydrogen-bond acceptors (Lipinski definition) is 2. The Hall–Kier alpha value is -1.57. The Labute approximate surface area is 90.2 Å². The van der Waals surface area contributed by atoms with Gasteiger partial charge in [-0.05, 0) is 25.5 Å². The van der Waals surface area contributed by atoms with E-state index in [-0.39, 0.29) is 5.78 Å². The van der Waals surface area contributed by atoms with Crippen LogP contribution in [-0.2, 0) is 0 Å². The van der Waals surface area contributed by atoms with Crippen molar-refractivity contribution in [3.05, 3.63) is 35.4 Å². The van der Waals surface area contributed by atoms with Gasteiger partial charge in [0.1, 0.15) is 0 Å². The maximum Gasteiger partial charge on any atom is 0.161 e. The van der Waals surface area contributed by atoms with Crippen LogP contribution in [0.15, 0.2) is 24.3 Å². The molecule has 0 spiro atoms. The molecule has 1 heterocycles. The molecule has 1 aliphatic heterocycles. The molecule has 1 aromatic rings. The number of carbonyl (C=O) groups excluding carboxylic acids is 1. The molecular formula is C13H15NO. The van der Waals surface area contributed by atoms with Crippen molar-refractivity contribution in [1.82, 2.24) is 0 Å². The average Bonchev–Trinajstić information content (AvgIpc) is 2.27. The van der Waals surface area contributed by atoms with E-state index in [1.807, 2.05) is 12.1 Å². The van der Waals surface area contributed by atoms with Gasteiger partial charge >= 0.3 is 0 Å². The lowest BCUT2D eigenvalue weighted by Gasteiger charge is -2.28. The summed E-state index contributed by atoms with van der Waals surface area (Å²) in [6, 6.07) is 5.90. The standard InChI is InChI=1S/C13H15NO/c1-3-14-9-5-7-11-6-4-8-12(10(2)15)13(11)14/h4-8H,3,9H2,1-2H3. The molecule has 2 heteroatoms. The minimum absolute atomic E-state index is 0.139. The van der Waals surface area contributed by atoms with Gasteiger partial charge < -0.3 is 4.90 Å². The largest absolute Gasteiger partial charge is 0.367 e. The number of likely N-dealkylation sites (N-methyl/N-ethyl adjacent to an activating group) is 1. The van der Waals surface area contributed by atoms with Crippen LogP contribution in [-0.4, -0.2) is 18.9 Å². The van der Waals surface area contributed by atoms with Crippen LogP contribution in [0.2, 0.25) is 0 Å². The minimum Gasteiger partial charge on any atom is -0.367 e. The second-order valence-electron chi connectivity index (χ2n) is 3.74. The molecule has 1 aromatic carbocycles. The molecule has 0 aromatic heterocycles. The molecule has 0 fully saturated rings. The van der Waals surface area contributed by atoms with Gasteiger partial charge in [0, 0.05) is 18.7 Å². The van der Waals surface area contributed by atoms with Gasteiger partial charge in [0.05, 0.1) is 5.69 Å². The highest BCUT2D eigenvalue weighted by molar-refractivity contribution is 6.02. The van der Waals surface area contributed by atoms with Gasteiger partial charge in [-0.1, -0.05) is 24.3 Å². The fourth-order valence-corrected chi connectivity index (χ4v) is 2.02. The van der Waals surface area contributed by atoms with Gasteiger partial charge in [-0.2, -0.15) is 0 Å². The number of ketones is 1. The zero-order valence-corrected chi connectivity index (χ0v) is 9.16. The highest BCUT2D eigenvalue weighted by Crippen LogP contribution is 2.29. The van der Waals surface area contributed by atoms with Crippen LogP contribution in [0.3, 0.4) is 0 Å². The zero-order chi connectivity index (χ0) is 10.8. The molecule has 0 unspecified atom stereocenters. The summed E-state index contributed by atoms with van der Waals surface area (Å²) in [6.07, 6.45) is 4.23. The molecule has 0 amide bonds. The minimum atomic E-state index is 0.139. The molecule has 0 saturated heterocycles. The predicted molar refractivity (Wildman–Crippen MR) is 63.4 cm³/mol. The van der Waals surface area contributed by atoms with E-state index >= 15 is 0 Å². The quantitative estimate of drug-likeness (QED) is 0.686. The van der Waals surface area contributed by atoms with Crippen molar-refractivity contribution in [3.63, 3.8) is 0 Å². The van der Waals surface area contributed by atoms with Crippen LogP contribution >= 0.6 is 0 Å². The van der Waals surface area contributed by atoms with E-state index in [2.05, 4.69) is 30.0 Å². The Kier molecular flexibility index (Phi) is 2.58. The molecule has 0 atom stereocenters. The molecule has 0 radical (unpaired) electrons. The van der Waals surface area contributed by atoms with Gasteiger partial charge in [-0.3, -0.25) is 4.79 Å². The zero-order valence-electron chi connectivity index (χ0n) is 9.16. The second kappa shape index (κ2) is 3.89. The maximum absolute atomic E-state index is 11.5. The van der Waals surface area contributed by atoms with Crippen LogP contribution < -0.4 is 4.90 Å². The number of fused-ring (bicyclic) bond motifs is 1. The molecule has 2 nitrogen and oxygen atoms in total. The van der Waals surface area contributed by atoms with Crippen LogP contribution in [0.1, 0.15) is 29.8 Å². The van der Waals surface area contributed by atoms with E-state index < -0.39 is 0 Å². The monoisotopic (exact) mass is 201 g/mol. The molecule has 0 aliphatic carbocycles. The summed E-state index contributed by atoms with van der Waals surface area (Å²) in [4.78, 5) is 13.8. The first-order chi connectivity index (χ1) is 7.24. The highest BCUT2D eigenvalue weighted by Gasteiger charge is 2.17. The third-order valence-corrected chi connectivity index (χ3v) is 2.77. The van der Waals surface area contributed by atoms with Crippen molar-refractivity contribution >= 4 is 17.5 Å². The van der Waals surface area contributed by atoms with Crippen molar-refractivity contribution in [1.29, 1.82) is 0 Å². The number of para-hydroxylation sites is 1.